The third-order valence-electron chi connectivity index (χ3n) is 2.71. The molecule has 2 aromatic carbocycles. The molecule has 1 N–H and O–H groups in total. The van der Waals surface area contributed by atoms with E-state index >= 15 is 0 Å². The molecule has 0 radical (unpaired) electrons. The van der Waals surface area contributed by atoms with E-state index in [4.69, 9.17) is 11.6 Å². The van der Waals surface area contributed by atoms with Crippen molar-refractivity contribution >= 4 is 11.6 Å². The molecule has 1 unspecified atom stereocenters. The van der Waals surface area contributed by atoms with E-state index < -0.39 is 17.7 Å². The van der Waals surface area contributed by atoms with Gasteiger partial charge in [-0.2, -0.15) is 0 Å². The van der Waals surface area contributed by atoms with Crippen molar-refractivity contribution in [2.24, 2.45) is 0 Å². The fourth-order valence-electron chi connectivity index (χ4n) is 1.74. The van der Waals surface area contributed by atoms with E-state index in [1.807, 2.05) is 0 Å². The average Bonchev–Trinajstić information content (AvgIpc) is 2.28. The lowest BCUT2D eigenvalue weighted by Gasteiger charge is -2.13. The Bertz CT molecular complexity index is 533. The van der Waals surface area contributed by atoms with Gasteiger partial charge in [-0.25, -0.2) is 8.78 Å². The van der Waals surface area contributed by atoms with E-state index in [0.717, 1.165) is 11.6 Å². The summed E-state index contributed by atoms with van der Waals surface area (Å²) in [6, 6.07) is 8.30. The van der Waals surface area contributed by atoms with Crippen molar-refractivity contribution in [2.75, 3.05) is 0 Å². The van der Waals surface area contributed by atoms with Crippen molar-refractivity contribution in [2.45, 2.75) is 13.0 Å². The maximum atomic E-state index is 13.7. The molecular weight excluding hydrogens is 258 g/mol. The van der Waals surface area contributed by atoms with Crippen LogP contribution < -0.4 is 0 Å². The Morgan fingerprint density at radius 2 is 1.56 bits per heavy atom. The molecule has 0 bridgehead atoms. The zero-order valence-electron chi connectivity index (χ0n) is 9.62. The molecule has 2 aromatic rings. The van der Waals surface area contributed by atoms with Gasteiger partial charge in [-0.05, 0) is 30.7 Å². The Balaban J connectivity index is 2.44. The van der Waals surface area contributed by atoms with E-state index in [-0.39, 0.29) is 16.1 Å². The smallest absolute Gasteiger partial charge is 0.130 e. The Morgan fingerprint density at radius 1 is 1.00 bits per heavy atom. The molecule has 1 nitrogen and oxygen atoms in total. The Hall–Kier alpha value is -1.45. The summed E-state index contributed by atoms with van der Waals surface area (Å²) < 4.78 is 27.3. The minimum absolute atomic E-state index is 0.00199. The predicted octanol–water partition coefficient (Wildman–Crippen LogP) is 4.01. The summed E-state index contributed by atoms with van der Waals surface area (Å²) in [6.45, 7) is 1.74. The molecule has 1 atom stereocenters. The third kappa shape index (κ3) is 2.52. The molecule has 18 heavy (non-hydrogen) atoms. The van der Waals surface area contributed by atoms with Crippen LogP contribution in [0.4, 0.5) is 8.78 Å². The maximum absolute atomic E-state index is 13.7. The number of aryl methyl sites for hydroxylation is 1. The van der Waals surface area contributed by atoms with Gasteiger partial charge in [0, 0.05) is 16.1 Å². The topological polar surface area (TPSA) is 20.2 Å². The minimum atomic E-state index is -1.34. The van der Waals surface area contributed by atoms with Crippen LogP contribution in [0.5, 0.6) is 0 Å². The first-order chi connectivity index (χ1) is 8.49. The second-order valence-electron chi connectivity index (χ2n) is 4.09. The number of aliphatic hydroxyl groups excluding tert-OH is 1. The van der Waals surface area contributed by atoms with Gasteiger partial charge in [-0.1, -0.05) is 29.8 Å². The molecule has 0 fully saturated rings. The largest absolute Gasteiger partial charge is 0.383 e. The normalized spacial score (nSPS) is 12.5. The highest BCUT2D eigenvalue weighted by Crippen LogP contribution is 2.28. The van der Waals surface area contributed by atoms with Gasteiger partial charge in [0.25, 0.3) is 0 Å². The first-order valence-electron chi connectivity index (χ1n) is 5.38. The van der Waals surface area contributed by atoms with Gasteiger partial charge in [0.15, 0.2) is 0 Å². The first kappa shape index (κ1) is 13.0. The molecule has 4 heteroatoms. The number of hydrogen-bond acceptors (Lipinski definition) is 1. The van der Waals surface area contributed by atoms with Gasteiger partial charge in [0.05, 0.1) is 0 Å². The van der Waals surface area contributed by atoms with E-state index in [9.17, 15) is 13.9 Å². The summed E-state index contributed by atoms with van der Waals surface area (Å²) in [5.41, 5.74) is 0.781. The van der Waals surface area contributed by atoms with Crippen LogP contribution in [0.25, 0.3) is 0 Å². The highest BCUT2D eigenvalue weighted by Gasteiger charge is 2.18. The average molecular weight is 269 g/mol. The maximum Gasteiger partial charge on any atom is 0.130 e. The van der Waals surface area contributed by atoms with Crippen molar-refractivity contribution < 1.29 is 13.9 Å². The predicted molar refractivity (Wildman–Crippen MR) is 66.6 cm³/mol. The summed E-state index contributed by atoms with van der Waals surface area (Å²) in [7, 11) is 0. The molecule has 94 valence electrons. The number of benzene rings is 2. The lowest BCUT2D eigenvalue weighted by atomic mass is 9.99. The molecule has 0 saturated carbocycles. The number of hydrogen-bond donors (Lipinski definition) is 1. The molecule has 0 aliphatic heterocycles. The summed E-state index contributed by atoms with van der Waals surface area (Å²) in [5, 5.41) is 10.2. The summed E-state index contributed by atoms with van der Waals surface area (Å²) >= 11 is 5.62. The lowest BCUT2D eigenvalue weighted by molar-refractivity contribution is 0.209. The summed E-state index contributed by atoms with van der Waals surface area (Å²) in [6.07, 6.45) is -1.34. The van der Waals surface area contributed by atoms with Crippen molar-refractivity contribution in [3.8, 4) is 0 Å². The van der Waals surface area contributed by atoms with Crippen LogP contribution in [-0.2, 0) is 0 Å². The van der Waals surface area contributed by atoms with Gasteiger partial charge in [-0.15, -0.1) is 0 Å². The molecule has 0 heterocycles. The Labute approximate surface area is 109 Å². The van der Waals surface area contributed by atoms with E-state index in [2.05, 4.69) is 0 Å². The standard InChI is InChI=1S/C14H11ClF2O/c1-8-2-4-10(12(16)6-8)14(18)11-5-3-9(15)7-13(11)17/h2-7,14,18H,1H3. The van der Waals surface area contributed by atoms with Crippen molar-refractivity contribution in [1.29, 1.82) is 0 Å². The highest BCUT2D eigenvalue weighted by molar-refractivity contribution is 6.30. The van der Waals surface area contributed by atoms with Crippen LogP contribution in [0.1, 0.15) is 22.8 Å². The van der Waals surface area contributed by atoms with E-state index in [1.54, 1.807) is 13.0 Å². The number of aliphatic hydroxyl groups is 1. The highest BCUT2D eigenvalue weighted by atomic mass is 35.5. The van der Waals surface area contributed by atoms with Gasteiger partial charge in [0.2, 0.25) is 0 Å². The Kier molecular flexibility index (Phi) is 3.64. The van der Waals surface area contributed by atoms with Crippen molar-refractivity contribution in [3.05, 3.63) is 69.7 Å². The fourth-order valence-corrected chi connectivity index (χ4v) is 1.90. The van der Waals surface area contributed by atoms with Gasteiger partial charge >= 0.3 is 0 Å². The Morgan fingerprint density at radius 3 is 2.11 bits per heavy atom. The molecule has 0 spiro atoms. The van der Waals surface area contributed by atoms with Gasteiger partial charge in [0.1, 0.15) is 17.7 Å². The SMILES string of the molecule is Cc1ccc(C(O)c2ccc(Cl)cc2F)c(F)c1. The zero-order valence-corrected chi connectivity index (χ0v) is 10.4. The number of rotatable bonds is 2. The van der Waals surface area contributed by atoms with E-state index in [0.29, 0.717) is 0 Å². The fraction of sp³-hybridized carbons (Fsp3) is 0.143. The molecule has 0 aliphatic rings. The van der Waals surface area contributed by atoms with Crippen LogP contribution in [0.2, 0.25) is 5.02 Å². The van der Waals surface area contributed by atoms with Crippen LogP contribution >= 0.6 is 11.6 Å². The quantitative estimate of drug-likeness (QED) is 0.873. The summed E-state index contributed by atoms with van der Waals surface area (Å²) in [4.78, 5) is 0. The van der Waals surface area contributed by atoms with Gasteiger partial charge in [-0.3, -0.25) is 0 Å². The van der Waals surface area contributed by atoms with Gasteiger partial charge < -0.3 is 5.11 Å². The molecular formula is C14H11ClF2O. The third-order valence-corrected chi connectivity index (χ3v) is 2.94. The second-order valence-corrected chi connectivity index (χ2v) is 4.53. The molecule has 0 aromatic heterocycles. The lowest BCUT2D eigenvalue weighted by Crippen LogP contribution is -2.05. The van der Waals surface area contributed by atoms with Crippen LogP contribution in [-0.4, -0.2) is 5.11 Å². The summed E-state index contributed by atoms with van der Waals surface area (Å²) in [5.74, 6) is -1.22. The van der Waals surface area contributed by atoms with Crippen molar-refractivity contribution in [3.63, 3.8) is 0 Å². The molecule has 0 amide bonds. The van der Waals surface area contributed by atoms with E-state index in [1.165, 1.54) is 24.3 Å². The molecule has 2 rings (SSSR count). The molecule has 0 aliphatic carbocycles. The van der Waals surface area contributed by atoms with Crippen LogP contribution in [0, 0.1) is 18.6 Å². The van der Waals surface area contributed by atoms with Crippen molar-refractivity contribution in [1.82, 2.24) is 0 Å². The zero-order chi connectivity index (χ0) is 13.3. The minimum Gasteiger partial charge on any atom is -0.383 e. The van der Waals surface area contributed by atoms with Crippen LogP contribution in [0.15, 0.2) is 36.4 Å². The molecule has 0 saturated heterocycles. The number of halogens is 3. The monoisotopic (exact) mass is 268 g/mol. The first-order valence-corrected chi connectivity index (χ1v) is 5.76. The second kappa shape index (κ2) is 5.04. The van der Waals surface area contributed by atoms with Crippen LogP contribution in [0.3, 0.4) is 0 Å².